The molecule has 1 aromatic heterocycles. The molecule has 6 nitrogen and oxygen atoms in total. The van der Waals surface area contributed by atoms with Crippen molar-refractivity contribution in [1.82, 2.24) is 9.55 Å². The van der Waals surface area contributed by atoms with E-state index in [4.69, 9.17) is 4.74 Å². The summed E-state index contributed by atoms with van der Waals surface area (Å²) in [4.78, 5) is 27.7. The van der Waals surface area contributed by atoms with Gasteiger partial charge in [0.25, 0.3) is 0 Å². The molecule has 1 N–H and O–H groups in total. The highest BCUT2D eigenvalue weighted by Crippen LogP contribution is 2.42. The molecule has 0 radical (unpaired) electrons. The Bertz CT molecular complexity index is 652. The van der Waals surface area contributed by atoms with E-state index in [1.165, 1.54) is 0 Å². The third-order valence-corrected chi connectivity index (χ3v) is 4.82. The SMILES string of the molecule is Cc1nc(=O)n(C2CC3CCC2O3)c(C)c1C(C)C(=O)O. The highest BCUT2D eigenvalue weighted by Gasteiger charge is 2.43. The summed E-state index contributed by atoms with van der Waals surface area (Å²) in [6.45, 7) is 5.15. The number of nitrogens with zero attached hydrogens (tertiary/aromatic N) is 2. The Labute approximate surface area is 122 Å². The van der Waals surface area contributed by atoms with E-state index in [9.17, 15) is 14.7 Å². The molecule has 2 bridgehead atoms. The number of aliphatic carboxylic acids is 1. The van der Waals surface area contributed by atoms with E-state index in [2.05, 4.69) is 4.98 Å². The lowest BCUT2D eigenvalue weighted by atomic mass is 9.93. The fourth-order valence-corrected chi connectivity index (χ4v) is 3.82. The van der Waals surface area contributed by atoms with Crippen LogP contribution in [0, 0.1) is 13.8 Å². The van der Waals surface area contributed by atoms with Crippen molar-refractivity contribution in [3.63, 3.8) is 0 Å². The van der Waals surface area contributed by atoms with Crippen LogP contribution in [0.2, 0.25) is 0 Å². The summed E-state index contributed by atoms with van der Waals surface area (Å²) in [5.41, 5.74) is 1.56. The molecule has 0 aromatic carbocycles. The van der Waals surface area contributed by atoms with Crippen LogP contribution in [-0.2, 0) is 9.53 Å². The first-order valence-electron chi connectivity index (χ1n) is 7.38. The third-order valence-electron chi connectivity index (χ3n) is 4.82. The van der Waals surface area contributed by atoms with Crippen molar-refractivity contribution in [2.45, 2.75) is 64.2 Å². The zero-order chi connectivity index (χ0) is 15.3. The van der Waals surface area contributed by atoms with E-state index >= 15 is 0 Å². The molecule has 0 amide bonds. The molecule has 2 aliphatic rings. The van der Waals surface area contributed by atoms with E-state index in [-0.39, 0.29) is 23.9 Å². The highest BCUT2D eigenvalue weighted by molar-refractivity contribution is 5.76. The van der Waals surface area contributed by atoms with Gasteiger partial charge in [-0.2, -0.15) is 4.98 Å². The maximum absolute atomic E-state index is 12.3. The lowest BCUT2D eigenvalue weighted by molar-refractivity contribution is -0.138. The smallest absolute Gasteiger partial charge is 0.348 e. The zero-order valence-electron chi connectivity index (χ0n) is 12.5. The maximum Gasteiger partial charge on any atom is 0.348 e. The quantitative estimate of drug-likeness (QED) is 0.914. The molecule has 4 atom stereocenters. The number of aryl methyl sites for hydroxylation is 1. The Hall–Kier alpha value is -1.69. The second-order valence-electron chi connectivity index (χ2n) is 6.09. The minimum atomic E-state index is -0.905. The van der Waals surface area contributed by atoms with Gasteiger partial charge in [-0.1, -0.05) is 0 Å². The van der Waals surface area contributed by atoms with Crippen LogP contribution in [-0.4, -0.2) is 32.8 Å². The van der Waals surface area contributed by atoms with Gasteiger partial charge in [-0.05, 0) is 40.0 Å². The summed E-state index contributed by atoms with van der Waals surface area (Å²) in [7, 11) is 0. The average molecular weight is 292 g/mol. The van der Waals surface area contributed by atoms with Crippen molar-refractivity contribution >= 4 is 5.97 Å². The van der Waals surface area contributed by atoms with E-state index < -0.39 is 11.9 Å². The van der Waals surface area contributed by atoms with Crippen LogP contribution in [0.15, 0.2) is 4.79 Å². The predicted octanol–water partition coefficient (Wildman–Crippen LogP) is 1.54. The van der Waals surface area contributed by atoms with E-state index in [0.29, 0.717) is 17.0 Å². The van der Waals surface area contributed by atoms with Gasteiger partial charge in [0.15, 0.2) is 0 Å². The van der Waals surface area contributed by atoms with Gasteiger partial charge in [0.05, 0.1) is 24.2 Å². The van der Waals surface area contributed by atoms with Crippen LogP contribution in [0.25, 0.3) is 0 Å². The number of carboxylic acid groups (broad SMARTS) is 1. The molecule has 2 aliphatic heterocycles. The molecule has 4 unspecified atom stereocenters. The first-order valence-corrected chi connectivity index (χ1v) is 7.38. The minimum Gasteiger partial charge on any atom is -0.481 e. The van der Waals surface area contributed by atoms with Crippen LogP contribution in [0.4, 0.5) is 0 Å². The first kappa shape index (κ1) is 14.3. The van der Waals surface area contributed by atoms with Crippen molar-refractivity contribution in [2.75, 3.05) is 0 Å². The van der Waals surface area contributed by atoms with Gasteiger partial charge in [0.2, 0.25) is 0 Å². The van der Waals surface area contributed by atoms with Crippen molar-refractivity contribution in [3.8, 4) is 0 Å². The Balaban J connectivity index is 2.11. The molecular weight excluding hydrogens is 272 g/mol. The van der Waals surface area contributed by atoms with Gasteiger partial charge in [0, 0.05) is 17.0 Å². The Morgan fingerprint density at radius 1 is 1.43 bits per heavy atom. The summed E-state index contributed by atoms with van der Waals surface area (Å²) in [6, 6.07) is -0.0101. The van der Waals surface area contributed by atoms with Crippen LogP contribution >= 0.6 is 0 Å². The average Bonchev–Trinajstić information content (AvgIpc) is 3.00. The van der Waals surface area contributed by atoms with Gasteiger partial charge in [-0.25, -0.2) is 4.79 Å². The molecule has 3 rings (SSSR count). The normalized spacial score (nSPS) is 28.8. The van der Waals surface area contributed by atoms with Crippen LogP contribution in [0.1, 0.15) is 55.1 Å². The molecule has 6 heteroatoms. The number of carbonyl (C=O) groups is 1. The van der Waals surface area contributed by atoms with Gasteiger partial charge < -0.3 is 9.84 Å². The van der Waals surface area contributed by atoms with Gasteiger partial charge in [-0.15, -0.1) is 0 Å². The molecule has 0 saturated carbocycles. The number of rotatable bonds is 3. The van der Waals surface area contributed by atoms with E-state index in [1.807, 2.05) is 6.92 Å². The van der Waals surface area contributed by atoms with Gasteiger partial charge in [0.1, 0.15) is 0 Å². The maximum atomic E-state index is 12.3. The summed E-state index contributed by atoms with van der Waals surface area (Å²) >= 11 is 0. The lowest BCUT2D eigenvalue weighted by Crippen LogP contribution is -2.36. The predicted molar refractivity (Wildman–Crippen MR) is 75.6 cm³/mol. The molecule has 0 spiro atoms. The van der Waals surface area contributed by atoms with Crippen molar-refractivity contribution in [2.24, 2.45) is 0 Å². The molecule has 2 fully saturated rings. The fraction of sp³-hybridized carbons (Fsp3) is 0.667. The van der Waals surface area contributed by atoms with Crippen LogP contribution in [0.3, 0.4) is 0 Å². The highest BCUT2D eigenvalue weighted by atomic mass is 16.5. The fourth-order valence-electron chi connectivity index (χ4n) is 3.82. The van der Waals surface area contributed by atoms with Gasteiger partial charge in [-0.3, -0.25) is 9.36 Å². The zero-order valence-corrected chi connectivity index (χ0v) is 12.5. The van der Waals surface area contributed by atoms with E-state index in [1.54, 1.807) is 18.4 Å². The number of hydrogen-bond donors (Lipinski definition) is 1. The summed E-state index contributed by atoms with van der Waals surface area (Å²) < 4.78 is 7.48. The molecule has 1 aromatic rings. The molecule has 0 aliphatic carbocycles. The second-order valence-corrected chi connectivity index (χ2v) is 6.09. The van der Waals surface area contributed by atoms with Crippen molar-refractivity contribution in [1.29, 1.82) is 0 Å². The van der Waals surface area contributed by atoms with E-state index in [0.717, 1.165) is 19.3 Å². The number of hydrogen-bond acceptors (Lipinski definition) is 4. The van der Waals surface area contributed by atoms with Crippen LogP contribution < -0.4 is 5.69 Å². The standard InChI is InChI=1S/C15H20N2O4/c1-7(14(18)19)13-8(2)16-15(20)17(9(13)3)11-6-10-4-5-12(11)21-10/h7,10-12H,4-6H2,1-3H3,(H,18,19). The van der Waals surface area contributed by atoms with Crippen molar-refractivity contribution < 1.29 is 14.6 Å². The Morgan fingerprint density at radius 3 is 2.67 bits per heavy atom. The summed E-state index contributed by atoms with van der Waals surface area (Å²) in [6.07, 6.45) is 3.11. The number of fused-ring (bicyclic) bond motifs is 2. The second kappa shape index (κ2) is 4.94. The third kappa shape index (κ3) is 2.18. The molecule has 3 heterocycles. The summed E-state index contributed by atoms with van der Waals surface area (Å²) in [5.74, 6) is -1.58. The largest absolute Gasteiger partial charge is 0.481 e. The molecule has 114 valence electrons. The Kier molecular flexibility index (Phi) is 3.36. The number of aromatic nitrogens is 2. The lowest BCUT2D eigenvalue weighted by Gasteiger charge is -2.26. The van der Waals surface area contributed by atoms with Crippen molar-refractivity contribution in [3.05, 3.63) is 27.4 Å². The van der Waals surface area contributed by atoms with Crippen LogP contribution in [0.5, 0.6) is 0 Å². The minimum absolute atomic E-state index is 0.0101. The van der Waals surface area contributed by atoms with Gasteiger partial charge >= 0.3 is 11.7 Å². The molecule has 2 saturated heterocycles. The number of ether oxygens (including phenoxy) is 1. The molecule has 21 heavy (non-hydrogen) atoms. The number of carboxylic acids is 1. The Morgan fingerprint density at radius 2 is 2.14 bits per heavy atom. The topological polar surface area (TPSA) is 81.4 Å². The first-order chi connectivity index (χ1) is 9.90. The monoisotopic (exact) mass is 292 g/mol. The molecular formula is C15H20N2O4. The summed E-state index contributed by atoms with van der Waals surface area (Å²) in [5, 5.41) is 9.28.